The summed E-state index contributed by atoms with van der Waals surface area (Å²) in [6.45, 7) is 10.1. The van der Waals surface area contributed by atoms with E-state index in [1.165, 1.54) is 36.1 Å². The molecule has 1 saturated heterocycles. The molecule has 1 aliphatic heterocycles. The van der Waals surface area contributed by atoms with Gasteiger partial charge in [-0.1, -0.05) is 35.7 Å². The summed E-state index contributed by atoms with van der Waals surface area (Å²) >= 11 is 0. The van der Waals surface area contributed by atoms with Crippen molar-refractivity contribution < 1.29 is 0 Å². The Morgan fingerprint density at radius 2 is 1.74 bits per heavy atom. The predicted octanol–water partition coefficient (Wildman–Crippen LogP) is 3.57. The lowest BCUT2D eigenvalue weighted by Gasteiger charge is -2.37. The van der Waals surface area contributed by atoms with E-state index in [0.29, 0.717) is 12.1 Å². The van der Waals surface area contributed by atoms with Crippen molar-refractivity contribution in [1.82, 2.24) is 4.90 Å². The molecule has 2 N–H and O–H groups in total. The van der Waals surface area contributed by atoms with Gasteiger partial charge in [0.2, 0.25) is 0 Å². The van der Waals surface area contributed by atoms with Crippen LogP contribution >= 0.6 is 0 Å². The number of nitrogens with two attached hydrogens (primary N) is 1. The quantitative estimate of drug-likeness (QED) is 0.881. The van der Waals surface area contributed by atoms with Crippen LogP contribution in [0.25, 0.3) is 0 Å². The predicted molar refractivity (Wildman–Crippen MR) is 82.3 cm³/mol. The van der Waals surface area contributed by atoms with Crippen LogP contribution in [0.5, 0.6) is 0 Å². The summed E-state index contributed by atoms with van der Waals surface area (Å²) in [6.07, 6.45) is 3.67. The summed E-state index contributed by atoms with van der Waals surface area (Å²) in [5, 5.41) is 0. The molecule has 1 aromatic rings. The Bertz CT molecular complexity index is 405. The smallest absolute Gasteiger partial charge is 0.0502 e. The third-order valence-electron chi connectivity index (χ3n) is 4.22. The maximum atomic E-state index is 6.50. The molecule has 2 nitrogen and oxygen atoms in total. The molecule has 2 unspecified atom stereocenters. The number of hydrogen-bond acceptors (Lipinski definition) is 2. The molecule has 0 saturated carbocycles. The highest BCUT2D eigenvalue weighted by molar-refractivity contribution is 5.31. The number of benzene rings is 1. The Morgan fingerprint density at radius 3 is 2.32 bits per heavy atom. The number of likely N-dealkylation sites (tertiary alicyclic amines) is 1. The SMILES string of the molecule is Cc1cc(C)cc(C2C(N)CCCCN2C(C)C)c1. The Kier molecular flexibility index (Phi) is 4.64. The van der Waals surface area contributed by atoms with E-state index in [1.807, 2.05) is 0 Å². The highest BCUT2D eigenvalue weighted by atomic mass is 15.2. The molecule has 1 aromatic carbocycles. The second-order valence-electron chi connectivity index (χ2n) is 6.36. The van der Waals surface area contributed by atoms with Gasteiger partial charge in [0.05, 0.1) is 6.04 Å². The molecule has 0 aliphatic carbocycles. The minimum absolute atomic E-state index is 0.256. The normalized spacial score (nSPS) is 25.6. The van der Waals surface area contributed by atoms with Crippen LogP contribution in [0.3, 0.4) is 0 Å². The van der Waals surface area contributed by atoms with Crippen LogP contribution in [0, 0.1) is 13.8 Å². The number of aryl methyl sites for hydroxylation is 2. The van der Waals surface area contributed by atoms with Crippen molar-refractivity contribution in [2.45, 2.75) is 65.1 Å². The fourth-order valence-electron chi connectivity index (χ4n) is 3.42. The van der Waals surface area contributed by atoms with Crippen molar-refractivity contribution in [3.8, 4) is 0 Å². The van der Waals surface area contributed by atoms with Crippen LogP contribution in [-0.4, -0.2) is 23.5 Å². The van der Waals surface area contributed by atoms with Gasteiger partial charge >= 0.3 is 0 Å². The zero-order valence-electron chi connectivity index (χ0n) is 12.8. The molecule has 19 heavy (non-hydrogen) atoms. The molecule has 1 aliphatic rings. The Hall–Kier alpha value is -0.860. The molecule has 2 atom stereocenters. The standard InChI is InChI=1S/C17H28N2/c1-12(2)19-8-6-5-7-16(18)17(19)15-10-13(3)9-14(4)11-15/h9-12,16-17H,5-8,18H2,1-4H3. The molecule has 2 rings (SSSR count). The number of hydrogen-bond donors (Lipinski definition) is 1. The van der Waals surface area contributed by atoms with E-state index < -0.39 is 0 Å². The molecule has 0 spiro atoms. The van der Waals surface area contributed by atoms with Gasteiger partial charge in [-0.25, -0.2) is 0 Å². The van der Waals surface area contributed by atoms with Gasteiger partial charge in [-0.15, -0.1) is 0 Å². The van der Waals surface area contributed by atoms with Gasteiger partial charge < -0.3 is 5.73 Å². The maximum absolute atomic E-state index is 6.50. The van der Waals surface area contributed by atoms with Gasteiger partial charge in [0.1, 0.15) is 0 Å². The van der Waals surface area contributed by atoms with E-state index in [-0.39, 0.29) is 6.04 Å². The zero-order valence-corrected chi connectivity index (χ0v) is 12.8. The molecule has 0 radical (unpaired) electrons. The third-order valence-corrected chi connectivity index (χ3v) is 4.22. The van der Waals surface area contributed by atoms with Crippen LogP contribution in [0.15, 0.2) is 18.2 Å². The second kappa shape index (κ2) is 6.06. The maximum Gasteiger partial charge on any atom is 0.0502 e. The van der Waals surface area contributed by atoms with Gasteiger partial charge in [-0.2, -0.15) is 0 Å². The number of nitrogens with zero attached hydrogens (tertiary/aromatic N) is 1. The lowest BCUT2D eigenvalue weighted by Crippen LogP contribution is -2.43. The van der Waals surface area contributed by atoms with Crippen molar-refractivity contribution in [1.29, 1.82) is 0 Å². The Morgan fingerprint density at radius 1 is 1.11 bits per heavy atom. The topological polar surface area (TPSA) is 29.3 Å². The molecule has 1 fully saturated rings. The van der Waals surface area contributed by atoms with E-state index in [2.05, 4.69) is 50.8 Å². The molecule has 0 bridgehead atoms. The largest absolute Gasteiger partial charge is 0.326 e. The summed E-state index contributed by atoms with van der Waals surface area (Å²) < 4.78 is 0. The lowest BCUT2D eigenvalue weighted by atomic mass is 9.93. The van der Waals surface area contributed by atoms with Gasteiger partial charge in [0.15, 0.2) is 0 Å². The first-order chi connectivity index (χ1) is 8.99. The van der Waals surface area contributed by atoms with Crippen LogP contribution < -0.4 is 5.73 Å². The molecule has 0 aromatic heterocycles. The van der Waals surface area contributed by atoms with E-state index in [4.69, 9.17) is 5.73 Å². The second-order valence-corrected chi connectivity index (χ2v) is 6.36. The van der Waals surface area contributed by atoms with Gasteiger partial charge in [-0.05, 0) is 52.6 Å². The molecule has 0 amide bonds. The molecule has 106 valence electrons. The van der Waals surface area contributed by atoms with Crippen molar-refractivity contribution in [3.63, 3.8) is 0 Å². The summed E-state index contributed by atoms with van der Waals surface area (Å²) in [6, 6.07) is 8.06. The summed E-state index contributed by atoms with van der Waals surface area (Å²) in [5.41, 5.74) is 10.6. The third kappa shape index (κ3) is 3.37. The first-order valence-electron chi connectivity index (χ1n) is 7.58. The van der Waals surface area contributed by atoms with Crippen molar-refractivity contribution >= 4 is 0 Å². The van der Waals surface area contributed by atoms with E-state index in [0.717, 1.165) is 6.42 Å². The van der Waals surface area contributed by atoms with Gasteiger partial charge in [-0.3, -0.25) is 4.90 Å². The zero-order chi connectivity index (χ0) is 14.0. The van der Waals surface area contributed by atoms with E-state index in [1.54, 1.807) is 0 Å². The monoisotopic (exact) mass is 260 g/mol. The highest BCUT2D eigenvalue weighted by Gasteiger charge is 2.30. The average Bonchev–Trinajstić information content (AvgIpc) is 2.49. The summed E-state index contributed by atoms with van der Waals surface area (Å²) in [5.74, 6) is 0. The first-order valence-corrected chi connectivity index (χ1v) is 7.58. The average molecular weight is 260 g/mol. The first kappa shape index (κ1) is 14.5. The number of rotatable bonds is 2. The van der Waals surface area contributed by atoms with Crippen LogP contribution in [-0.2, 0) is 0 Å². The minimum Gasteiger partial charge on any atom is -0.326 e. The van der Waals surface area contributed by atoms with Gasteiger partial charge in [0, 0.05) is 12.1 Å². The Labute approximate surface area is 118 Å². The summed E-state index contributed by atoms with van der Waals surface area (Å²) in [7, 11) is 0. The van der Waals surface area contributed by atoms with E-state index >= 15 is 0 Å². The molecule has 2 heteroatoms. The van der Waals surface area contributed by atoms with Crippen LogP contribution in [0.4, 0.5) is 0 Å². The van der Waals surface area contributed by atoms with Crippen molar-refractivity contribution in [3.05, 3.63) is 34.9 Å². The lowest BCUT2D eigenvalue weighted by molar-refractivity contribution is 0.144. The van der Waals surface area contributed by atoms with Crippen molar-refractivity contribution in [2.24, 2.45) is 5.73 Å². The van der Waals surface area contributed by atoms with Gasteiger partial charge in [0.25, 0.3) is 0 Å². The fraction of sp³-hybridized carbons (Fsp3) is 0.647. The van der Waals surface area contributed by atoms with Crippen molar-refractivity contribution in [2.75, 3.05) is 6.54 Å². The fourth-order valence-corrected chi connectivity index (χ4v) is 3.42. The van der Waals surface area contributed by atoms with Crippen LogP contribution in [0.2, 0.25) is 0 Å². The van der Waals surface area contributed by atoms with Crippen LogP contribution in [0.1, 0.15) is 55.8 Å². The molecular formula is C17H28N2. The van der Waals surface area contributed by atoms with E-state index in [9.17, 15) is 0 Å². The minimum atomic E-state index is 0.256. The summed E-state index contributed by atoms with van der Waals surface area (Å²) in [4.78, 5) is 2.59. The molecule has 1 heterocycles. The molecular weight excluding hydrogens is 232 g/mol. The highest BCUT2D eigenvalue weighted by Crippen LogP contribution is 2.32. The Balaban J connectivity index is 2.39.